The van der Waals surface area contributed by atoms with E-state index in [1.54, 1.807) is 12.3 Å². The molecule has 1 aromatic heterocycles. The molecule has 2 heterocycles. The first-order valence-electron chi connectivity index (χ1n) is 4.88. The number of halogens is 1. The van der Waals surface area contributed by atoms with Crippen molar-refractivity contribution in [2.75, 3.05) is 13.2 Å². The quantitative estimate of drug-likeness (QED) is 0.685. The zero-order valence-corrected chi connectivity index (χ0v) is 9.00. The lowest BCUT2D eigenvalue weighted by Crippen LogP contribution is -2.32. The van der Waals surface area contributed by atoms with Gasteiger partial charge in [0.05, 0.1) is 11.5 Å². The van der Waals surface area contributed by atoms with Crippen LogP contribution in [-0.4, -0.2) is 18.2 Å². The van der Waals surface area contributed by atoms with Crippen LogP contribution in [0.3, 0.4) is 0 Å². The Morgan fingerprint density at radius 1 is 1.40 bits per heavy atom. The number of hydrogen-bond acceptors (Lipinski definition) is 3. The van der Waals surface area contributed by atoms with Crippen LogP contribution in [0.4, 0.5) is 0 Å². The van der Waals surface area contributed by atoms with E-state index >= 15 is 0 Å². The van der Waals surface area contributed by atoms with E-state index in [9.17, 15) is 5.26 Å². The molecule has 1 fully saturated rings. The highest BCUT2D eigenvalue weighted by atomic mass is 35.5. The molecular weight excluding hydrogens is 212 g/mol. The number of nitrogens with zero attached hydrogens (tertiary/aromatic N) is 2. The number of hydrogen-bond donors (Lipinski definition) is 0. The van der Waals surface area contributed by atoms with Crippen molar-refractivity contribution in [3.63, 3.8) is 0 Å². The van der Waals surface area contributed by atoms with Crippen LogP contribution >= 0.6 is 11.6 Å². The Morgan fingerprint density at radius 3 is 2.67 bits per heavy atom. The van der Waals surface area contributed by atoms with Gasteiger partial charge in [0, 0.05) is 19.4 Å². The van der Waals surface area contributed by atoms with Crippen LogP contribution in [0.5, 0.6) is 0 Å². The molecule has 0 amide bonds. The zero-order valence-electron chi connectivity index (χ0n) is 8.24. The summed E-state index contributed by atoms with van der Waals surface area (Å²) in [6.07, 6.45) is 3.15. The van der Waals surface area contributed by atoms with Crippen molar-refractivity contribution in [1.29, 1.82) is 5.26 Å². The molecule has 0 N–H and O–H groups in total. The maximum Gasteiger partial charge on any atom is 0.129 e. The summed E-state index contributed by atoms with van der Waals surface area (Å²) in [5.74, 6) is 0. The van der Waals surface area contributed by atoms with Gasteiger partial charge in [-0.1, -0.05) is 17.7 Å². The molecule has 1 aromatic rings. The number of nitriles is 1. The van der Waals surface area contributed by atoms with Crippen molar-refractivity contribution in [2.24, 2.45) is 0 Å². The molecule has 0 aliphatic carbocycles. The summed E-state index contributed by atoms with van der Waals surface area (Å²) in [6.45, 7) is 1.27. The Kier molecular flexibility index (Phi) is 2.90. The van der Waals surface area contributed by atoms with E-state index in [1.165, 1.54) is 0 Å². The topological polar surface area (TPSA) is 45.9 Å². The monoisotopic (exact) mass is 222 g/mol. The van der Waals surface area contributed by atoms with Crippen molar-refractivity contribution in [1.82, 2.24) is 4.98 Å². The second kappa shape index (κ2) is 4.18. The van der Waals surface area contributed by atoms with Gasteiger partial charge in [-0.05, 0) is 24.5 Å². The Balaban J connectivity index is 2.33. The predicted octanol–water partition coefficient (Wildman–Crippen LogP) is 2.31. The van der Waals surface area contributed by atoms with Gasteiger partial charge in [-0.15, -0.1) is 0 Å². The highest BCUT2D eigenvalue weighted by Crippen LogP contribution is 2.33. The van der Waals surface area contributed by atoms with E-state index in [1.807, 2.05) is 6.07 Å². The molecule has 0 atom stereocenters. The second-order valence-corrected chi connectivity index (χ2v) is 4.06. The van der Waals surface area contributed by atoms with Gasteiger partial charge < -0.3 is 4.74 Å². The molecule has 0 unspecified atom stereocenters. The molecule has 78 valence electrons. The maximum absolute atomic E-state index is 9.30. The third kappa shape index (κ3) is 1.97. The summed E-state index contributed by atoms with van der Waals surface area (Å²) in [7, 11) is 0. The maximum atomic E-state index is 9.30. The van der Waals surface area contributed by atoms with Gasteiger partial charge in [0.25, 0.3) is 0 Å². The van der Waals surface area contributed by atoms with Gasteiger partial charge in [-0.25, -0.2) is 4.98 Å². The van der Waals surface area contributed by atoms with E-state index < -0.39 is 5.41 Å². The van der Waals surface area contributed by atoms with Gasteiger partial charge in [0.2, 0.25) is 0 Å². The Hall–Kier alpha value is -1.11. The first kappa shape index (κ1) is 10.4. The van der Waals surface area contributed by atoms with Crippen LogP contribution in [0.25, 0.3) is 0 Å². The molecule has 0 radical (unpaired) electrons. The lowest BCUT2D eigenvalue weighted by atomic mass is 9.76. The van der Waals surface area contributed by atoms with Crippen molar-refractivity contribution in [2.45, 2.75) is 18.3 Å². The van der Waals surface area contributed by atoms with Crippen molar-refractivity contribution in [3.05, 3.63) is 29.0 Å². The molecule has 15 heavy (non-hydrogen) atoms. The number of rotatable bonds is 1. The summed E-state index contributed by atoms with van der Waals surface area (Å²) in [6, 6.07) is 6.00. The Labute approximate surface area is 93.6 Å². The zero-order chi connectivity index (χ0) is 10.7. The largest absolute Gasteiger partial charge is 0.381 e. The first-order chi connectivity index (χ1) is 7.27. The fraction of sp³-hybridized carbons (Fsp3) is 0.455. The molecule has 1 aliphatic rings. The van der Waals surface area contributed by atoms with Crippen LogP contribution < -0.4 is 0 Å². The van der Waals surface area contributed by atoms with Gasteiger partial charge in [-0.2, -0.15) is 5.26 Å². The van der Waals surface area contributed by atoms with Crippen molar-refractivity contribution < 1.29 is 4.74 Å². The molecular formula is C11H11ClN2O. The van der Waals surface area contributed by atoms with Crippen molar-refractivity contribution >= 4 is 11.6 Å². The summed E-state index contributed by atoms with van der Waals surface area (Å²) in [5.41, 5.74) is 0.508. The molecule has 1 aliphatic heterocycles. The number of aromatic nitrogens is 1. The van der Waals surface area contributed by atoms with Crippen LogP contribution in [0.2, 0.25) is 5.15 Å². The third-order valence-electron chi connectivity index (χ3n) is 2.84. The summed E-state index contributed by atoms with van der Waals surface area (Å²) in [4.78, 5) is 4.02. The van der Waals surface area contributed by atoms with Crippen LogP contribution in [0.15, 0.2) is 18.3 Å². The summed E-state index contributed by atoms with van der Waals surface area (Å²) < 4.78 is 5.27. The fourth-order valence-electron chi connectivity index (χ4n) is 1.84. The Morgan fingerprint density at radius 2 is 2.13 bits per heavy atom. The molecule has 0 aromatic carbocycles. The molecule has 3 nitrogen and oxygen atoms in total. The predicted molar refractivity (Wildman–Crippen MR) is 56.6 cm³/mol. The minimum atomic E-state index is -0.435. The molecule has 0 saturated carbocycles. The fourth-order valence-corrected chi connectivity index (χ4v) is 1.96. The molecule has 0 spiro atoms. The van der Waals surface area contributed by atoms with E-state index in [4.69, 9.17) is 16.3 Å². The summed E-state index contributed by atoms with van der Waals surface area (Å²) in [5, 5.41) is 9.76. The Bertz CT molecular complexity index is 377. The summed E-state index contributed by atoms with van der Waals surface area (Å²) >= 11 is 5.72. The van der Waals surface area contributed by atoms with Crippen molar-refractivity contribution in [3.8, 4) is 6.07 Å². The van der Waals surface area contributed by atoms with Crippen LogP contribution in [0.1, 0.15) is 18.4 Å². The van der Waals surface area contributed by atoms with E-state index in [-0.39, 0.29) is 0 Å². The average molecular weight is 223 g/mol. The SMILES string of the molecule is N#CC1(c2ccc(Cl)nc2)CCOCC1. The minimum Gasteiger partial charge on any atom is -0.381 e. The van der Waals surface area contributed by atoms with Crippen LogP contribution in [0, 0.1) is 11.3 Å². The molecule has 0 bridgehead atoms. The smallest absolute Gasteiger partial charge is 0.129 e. The van der Waals surface area contributed by atoms with E-state index in [0.29, 0.717) is 18.4 Å². The van der Waals surface area contributed by atoms with Crippen LogP contribution in [-0.2, 0) is 10.2 Å². The highest BCUT2D eigenvalue weighted by Gasteiger charge is 2.34. The number of ether oxygens (including phenoxy) is 1. The van der Waals surface area contributed by atoms with Gasteiger partial charge in [0.15, 0.2) is 0 Å². The normalized spacial score (nSPS) is 19.5. The van der Waals surface area contributed by atoms with E-state index in [0.717, 1.165) is 18.4 Å². The highest BCUT2D eigenvalue weighted by molar-refractivity contribution is 6.29. The van der Waals surface area contributed by atoms with Gasteiger partial charge in [0.1, 0.15) is 5.15 Å². The molecule has 2 rings (SSSR count). The first-order valence-corrected chi connectivity index (χ1v) is 5.26. The minimum absolute atomic E-state index is 0.435. The second-order valence-electron chi connectivity index (χ2n) is 3.68. The third-order valence-corrected chi connectivity index (χ3v) is 3.06. The van der Waals surface area contributed by atoms with E-state index in [2.05, 4.69) is 11.1 Å². The van der Waals surface area contributed by atoms with Gasteiger partial charge in [-0.3, -0.25) is 0 Å². The number of pyridine rings is 1. The standard InChI is InChI=1S/C11H11ClN2O/c12-10-2-1-9(7-14-10)11(8-13)3-5-15-6-4-11/h1-2,7H,3-6H2. The lowest BCUT2D eigenvalue weighted by Gasteiger charge is -2.30. The molecule has 1 saturated heterocycles. The lowest BCUT2D eigenvalue weighted by molar-refractivity contribution is 0.0674. The van der Waals surface area contributed by atoms with Gasteiger partial charge >= 0.3 is 0 Å². The average Bonchev–Trinajstić information content (AvgIpc) is 2.31. The molecule has 4 heteroatoms.